The summed E-state index contributed by atoms with van der Waals surface area (Å²) in [6.45, 7) is 3.11. The minimum Gasteiger partial charge on any atom is -0.370 e. The molecule has 2 nitrogen and oxygen atoms in total. The van der Waals surface area contributed by atoms with Gasteiger partial charge in [0.05, 0.1) is 6.61 Å². The lowest BCUT2D eigenvalue weighted by Crippen LogP contribution is -2.34. The van der Waals surface area contributed by atoms with E-state index in [1.165, 1.54) is 64.2 Å². The molecule has 0 spiro atoms. The van der Waals surface area contributed by atoms with E-state index in [2.05, 4.69) is 6.92 Å². The van der Waals surface area contributed by atoms with E-state index in [1.807, 2.05) is 19.0 Å². The Morgan fingerprint density at radius 2 is 1.40 bits per heavy atom. The molecule has 1 heterocycles. The van der Waals surface area contributed by atoms with Crippen molar-refractivity contribution in [3.05, 3.63) is 0 Å². The molecule has 1 rings (SSSR count). The van der Waals surface area contributed by atoms with Crippen molar-refractivity contribution in [2.24, 2.45) is 0 Å². The second kappa shape index (κ2) is 9.73. The van der Waals surface area contributed by atoms with Gasteiger partial charge in [-0.25, -0.2) is 0 Å². The maximum atomic E-state index is 5.62. The van der Waals surface area contributed by atoms with Crippen LogP contribution in [0.2, 0.25) is 0 Å². The molecule has 0 radical (unpaired) electrons. The number of thiocarbonyl (C=S) groups is 1. The monoisotopic (exact) mass is 299 g/mol. The number of unbranched alkanes of at least 4 members (excludes halogenated alkanes) is 9. The molecule has 0 aromatic heterocycles. The summed E-state index contributed by atoms with van der Waals surface area (Å²) in [4.78, 5) is 3.01. The second-order valence-corrected chi connectivity index (χ2v) is 6.80. The highest BCUT2D eigenvalue weighted by atomic mass is 32.1. The first-order valence-electron chi connectivity index (χ1n) is 8.48. The third-order valence-corrected chi connectivity index (χ3v) is 4.96. The van der Waals surface area contributed by atoms with Crippen molar-refractivity contribution < 1.29 is 4.74 Å². The van der Waals surface area contributed by atoms with Crippen molar-refractivity contribution in [3.8, 4) is 0 Å². The fraction of sp³-hybridized carbons (Fsp3) is 0.941. The molecule has 118 valence electrons. The van der Waals surface area contributed by atoms with Gasteiger partial charge in [0.25, 0.3) is 0 Å². The van der Waals surface area contributed by atoms with E-state index in [0.29, 0.717) is 0 Å². The molecule has 1 atom stereocenters. The minimum atomic E-state index is -0.0705. The maximum absolute atomic E-state index is 5.62. The van der Waals surface area contributed by atoms with E-state index in [4.69, 9.17) is 17.0 Å². The lowest BCUT2D eigenvalue weighted by Gasteiger charge is -2.20. The topological polar surface area (TPSA) is 15.8 Å². The number of epoxide rings is 1. The zero-order valence-electron chi connectivity index (χ0n) is 13.7. The molecule has 0 bridgehead atoms. The van der Waals surface area contributed by atoms with E-state index in [0.717, 1.165) is 18.0 Å². The van der Waals surface area contributed by atoms with Crippen LogP contribution in [-0.2, 0) is 4.74 Å². The normalized spacial score (nSPS) is 20.9. The van der Waals surface area contributed by atoms with Crippen molar-refractivity contribution in [1.82, 2.24) is 4.90 Å². The highest BCUT2D eigenvalue weighted by Crippen LogP contribution is 2.35. The van der Waals surface area contributed by atoms with Gasteiger partial charge < -0.3 is 9.64 Å². The summed E-state index contributed by atoms with van der Waals surface area (Å²) in [5, 5.41) is 0. The molecule has 1 unspecified atom stereocenters. The maximum Gasteiger partial charge on any atom is 0.141 e. The summed E-state index contributed by atoms with van der Waals surface area (Å²) >= 11 is 5.45. The van der Waals surface area contributed by atoms with Gasteiger partial charge >= 0.3 is 0 Å². The molecule has 0 N–H and O–H groups in total. The molecule has 0 amide bonds. The summed E-state index contributed by atoms with van der Waals surface area (Å²) in [6, 6.07) is 0. The smallest absolute Gasteiger partial charge is 0.141 e. The fourth-order valence-electron chi connectivity index (χ4n) is 2.77. The van der Waals surface area contributed by atoms with Crippen LogP contribution in [0.3, 0.4) is 0 Å². The molecular formula is C17H33NOS. The lowest BCUT2D eigenvalue weighted by molar-refractivity contribution is 0.331. The number of ether oxygens (including phenoxy) is 1. The predicted molar refractivity (Wildman–Crippen MR) is 91.4 cm³/mol. The van der Waals surface area contributed by atoms with E-state index in [9.17, 15) is 0 Å². The summed E-state index contributed by atoms with van der Waals surface area (Å²) in [5.74, 6) is 0. The van der Waals surface area contributed by atoms with Gasteiger partial charge in [0.2, 0.25) is 0 Å². The number of rotatable bonds is 12. The summed E-state index contributed by atoms with van der Waals surface area (Å²) in [6.07, 6.45) is 14.9. The van der Waals surface area contributed by atoms with Crippen molar-refractivity contribution in [2.45, 2.75) is 83.2 Å². The Morgan fingerprint density at radius 1 is 0.950 bits per heavy atom. The largest absolute Gasteiger partial charge is 0.370 e. The van der Waals surface area contributed by atoms with Crippen molar-refractivity contribution in [1.29, 1.82) is 0 Å². The van der Waals surface area contributed by atoms with Gasteiger partial charge in [0.1, 0.15) is 10.6 Å². The Hall–Kier alpha value is -0.150. The Kier molecular flexibility index (Phi) is 8.70. The first-order valence-corrected chi connectivity index (χ1v) is 8.89. The van der Waals surface area contributed by atoms with Crippen molar-refractivity contribution in [2.75, 3.05) is 20.7 Å². The van der Waals surface area contributed by atoms with E-state index >= 15 is 0 Å². The molecule has 0 aromatic rings. The van der Waals surface area contributed by atoms with Crippen LogP contribution in [0, 0.1) is 0 Å². The first-order chi connectivity index (χ1) is 9.62. The Labute approximate surface area is 131 Å². The lowest BCUT2D eigenvalue weighted by atomic mass is 10.00. The molecule has 1 aliphatic rings. The average Bonchev–Trinajstić information content (AvgIpc) is 3.21. The fourth-order valence-corrected chi connectivity index (χ4v) is 2.99. The van der Waals surface area contributed by atoms with Crippen LogP contribution < -0.4 is 0 Å². The van der Waals surface area contributed by atoms with Gasteiger partial charge in [-0.15, -0.1) is 0 Å². The van der Waals surface area contributed by atoms with Crippen LogP contribution in [0.4, 0.5) is 0 Å². The SMILES string of the molecule is CCCCCCCCCCCCC1(C(=S)N(C)C)CO1. The summed E-state index contributed by atoms with van der Waals surface area (Å²) in [5.41, 5.74) is -0.0705. The van der Waals surface area contributed by atoms with Crippen molar-refractivity contribution >= 4 is 17.2 Å². The molecule has 20 heavy (non-hydrogen) atoms. The van der Waals surface area contributed by atoms with Gasteiger partial charge in [-0.05, 0) is 6.42 Å². The van der Waals surface area contributed by atoms with Gasteiger partial charge in [-0.3, -0.25) is 0 Å². The van der Waals surface area contributed by atoms with Crippen LogP contribution >= 0.6 is 12.2 Å². The quantitative estimate of drug-likeness (QED) is 0.288. The predicted octanol–water partition coefficient (Wildman–Crippen LogP) is 4.96. The van der Waals surface area contributed by atoms with Gasteiger partial charge in [-0.2, -0.15) is 0 Å². The van der Waals surface area contributed by atoms with E-state index in [-0.39, 0.29) is 5.60 Å². The van der Waals surface area contributed by atoms with Gasteiger partial charge in [-0.1, -0.05) is 83.3 Å². The Balaban J connectivity index is 1.91. The first kappa shape index (κ1) is 17.9. The molecule has 3 heteroatoms. The molecule has 0 saturated carbocycles. The Bertz CT molecular complexity index is 274. The van der Waals surface area contributed by atoms with Gasteiger partial charge in [0, 0.05) is 14.1 Å². The van der Waals surface area contributed by atoms with Crippen LogP contribution in [0.15, 0.2) is 0 Å². The molecule has 0 aliphatic carbocycles. The second-order valence-electron chi connectivity index (χ2n) is 6.41. The molecule has 1 fully saturated rings. The summed E-state index contributed by atoms with van der Waals surface area (Å²) in [7, 11) is 4.04. The Morgan fingerprint density at radius 3 is 1.80 bits per heavy atom. The van der Waals surface area contributed by atoms with Crippen molar-refractivity contribution in [3.63, 3.8) is 0 Å². The zero-order chi connectivity index (χ0) is 14.8. The number of hydrogen-bond donors (Lipinski definition) is 0. The zero-order valence-corrected chi connectivity index (χ0v) is 14.6. The highest BCUT2D eigenvalue weighted by molar-refractivity contribution is 7.80. The third kappa shape index (κ3) is 6.53. The molecule has 0 aromatic carbocycles. The van der Waals surface area contributed by atoms with Crippen LogP contribution in [0.5, 0.6) is 0 Å². The third-order valence-electron chi connectivity index (χ3n) is 4.22. The van der Waals surface area contributed by atoms with E-state index < -0.39 is 0 Å². The van der Waals surface area contributed by atoms with Gasteiger partial charge in [0.15, 0.2) is 0 Å². The van der Waals surface area contributed by atoms with E-state index in [1.54, 1.807) is 0 Å². The van der Waals surface area contributed by atoms with Crippen LogP contribution in [0.25, 0.3) is 0 Å². The number of likely N-dealkylation sites (N-methyl/N-ethyl adjacent to an activating group) is 1. The number of hydrogen-bond acceptors (Lipinski definition) is 2. The standard InChI is InChI=1S/C17H33NOS/c1-4-5-6-7-8-9-10-11-12-13-14-17(15-19-17)16(20)18(2)3/h4-15H2,1-3H3. The average molecular weight is 300 g/mol. The molecular weight excluding hydrogens is 266 g/mol. The molecule has 1 aliphatic heterocycles. The highest BCUT2D eigenvalue weighted by Gasteiger charge is 2.48. The number of nitrogens with zero attached hydrogens (tertiary/aromatic N) is 1. The van der Waals surface area contributed by atoms with Crippen LogP contribution in [-0.4, -0.2) is 36.2 Å². The summed E-state index contributed by atoms with van der Waals surface area (Å²) < 4.78 is 5.62. The van der Waals surface area contributed by atoms with Crippen LogP contribution in [0.1, 0.15) is 77.6 Å². The molecule has 1 saturated heterocycles. The minimum absolute atomic E-state index is 0.0705.